The van der Waals surface area contributed by atoms with E-state index in [9.17, 15) is 12.8 Å². The molecule has 0 radical (unpaired) electrons. The number of hydrogen-bond donors (Lipinski definition) is 0. The standard InChI is InChI=1S/C20H15Cl2FN2O3S/c21-18-10-16(23)8-6-15(18)13-28-25-12-19(14-7-9-20(22)24-11-14)29(26,27)17-4-2-1-3-5-17/h1-12,19H,13H2/b25-12-/t19-/m1/s1. The quantitative estimate of drug-likeness (QED) is 0.279. The fourth-order valence-corrected chi connectivity index (χ4v) is 4.37. The monoisotopic (exact) mass is 452 g/mol. The Morgan fingerprint density at radius 2 is 1.86 bits per heavy atom. The van der Waals surface area contributed by atoms with Crippen molar-refractivity contribution in [2.75, 3.05) is 0 Å². The Hall–Kier alpha value is -2.48. The molecule has 1 atom stereocenters. The maximum absolute atomic E-state index is 13.1. The van der Waals surface area contributed by atoms with Crippen LogP contribution in [0.2, 0.25) is 10.2 Å². The summed E-state index contributed by atoms with van der Waals surface area (Å²) in [4.78, 5) is 9.28. The summed E-state index contributed by atoms with van der Waals surface area (Å²) >= 11 is 11.8. The van der Waals surface area contributed by atoms with Crippen molar-refractivity contribution in [3.05, 3.63) is 94.0 Å². The molecule has 0 fully saturated rings. The average molecular weight is 453 g/mol. The first-order chi connectivity index (χ1) is 13.9. The van der Waals surface area contributed by atoms with Crippen LogP contribution in [0.3, 0.4) is 0 Å². The van der Waals surface area contributed by atoms with E-state index in [4.69, 9.17) is 28.0 Å². The van der Waals surface area contributed by atoms with Crippen LogP contribution < -0.4 is 0 Å². The SMILES string of the molecule is O=S(=O)(c1ccccc1)[C@H](/C=N\OCc1ccc(F)cc1Cl)c1ccc(Cl)nc1. The Labute approximate surface area is 177 Å². The van der Waals surface area contributed by atoms with E-state index in [2.05, 4.69) is 10.1 Å². The van der Waals surface area contributed by atoms with Gasteiger partial charge in [0.15, 0.2) is 9.84 Å². The largest absolute Gasteiger partial charge is 0.391 e. The average Bonchev–Trinajstić information content (AvgIpc) is 2.71. The van der Waals surface area contributed by atoms with E-state index in [1.807, 2.05) is 0 Å². The van der Waals surface area contributed by atoms with Gasteiger partial charge in [0, 0.05) is 11.8 Å². The van der Waals surface area contributed by atoms with Crippen LogP contribution in [0.15, 0.2) is 76.9 Å². The zero-order chi connectivity index (χ0) is 20.9. The topological polar surface area (TPSA) is 68.6 Å². The molecule has 1 aromatic heterocycles. The van der Waals surface area contributed by atoms with Crippen LogP contribution in [-0.4, -0.2) is 19.6 Å². The second-order valence-electron chi connectivity index (χ2n) is 5.96. The van der Waals surface area contributed by atoms with Crippen LogP contribution in [0, 0.1) is 5.82 Å². The molecule has 0 saturated heterocycles. The maximum atomic E-state index is 13.1. The number of hydrogen-bond acceptors (Lipinski definition) is 5. The summed E-state index contributed by atoms with van der Waals surface area (Å²) in [6.07, 6.45) is 2.54. The highest BCUT2D eigenvalue weighted by atomic mass is 35.5. The van der Waals surface area contributed by atoms with E-state index in [1.165, 1.54) is 42.7 Å². The molecule has 1 heterocycles. The van der Waals surface area contributed by atoms with Crippen molar-refractivity contribution in [2.45, 2.75) is 16.8 Å². The van der Waals surface area contributed by atoms with Crippen LogP contribution in [0.4, 0.5) is 4.39 Å². The van der Waals surface area contributed by atoms with E-state index in [-0.39, 0.29) is 21.7 Å². The van der Waals surface area contributed by atoms with Crippen molar-refractivity contribution in [1.82, 2.24) is 4.98 Å². The van der Waals surface area contributed by atoms with Gasteiger partial charge in [-0.3, -0.25) is 0 Å². The minimum Gasteiger partial charge on any atom is -0.391 e. The number of sulfone groups is 1. The van der Waals surface area contributed by atoms with E-state index < -0.39 is 20.9 Å². The van der Waals surface area contributed by atoms with Crippen molar-refractivity contribution in [1.29, 1.82) is 0 Å². The number of aromatic nitrogens is 1. The molecule has 0 amide bonds. The van der Waals surface area contributed by atoms with Crippen molar-refractivity contribution in [2.24, 2.45) is 5.16 Å². The van der Waals surface area contributed by atoms with Gasteiger partial charge >= 0.3 is 0 Å². The lowest BCUT2D eigenvalue weighted by atomic mass is 10.2. The molecular formula is C20H15Cl2FN2O3S. The summed E-state index contributed by atoms with van der Waals surface area (Å²) in [5.74, 6) is -0.466. The normalized spacial score (nSPS) is 12.8. The summed E-state index contributed by atoms with van der Waals surface area (Å²) in [6.45, 7) is -0.0490. The lowest BCUT2D eigenvalue weighted by Crippen LogP contribution is -2.15. The molecule has 0 unspecified atom stereocenters. The van der Waals surface area contributed by atoms with Gasteiger partial charge < -0.3 is 4.84 Å². The first kappa shape index (κ1) is 21.2. The first-order valence-electron chi connectivity index (χ1n) is 8.37. The Morgan fingerprint density at radius 1 is 1.10 bits per heavy atom. The molecule has 0 aliphatic carbocycles. The minimum absolute atomic E-state index is 0.0490. The number of pyridine rings is 1. The molecule has 3 aromatic rings. The van der Waals surface area contributed by atoms with Gasteiger partial charge in [0.05, 0.1) is 16.1 Å². The third-order valence-electron chi connectivity index (χ3n) is 3.99. The fourth-order valence-electron chi connectivity index (χ4n) is 2.50. The Morgan fingerprint density at radius 3 is 2.52 bits per heavy atom. The Balaban J connectivity index is 1.85. The molecule has 9 heteroatoms. The second kappa shape index (κ2) is 9.35. The molecule has 0 N–H and O–H groups in total. The highest BCUT2D eigenvalue weighted by Gasteiger charge is 2.28. The van der Waals surface area contributed by atoms with E-state index in [1.54, 1.807) is 24.3 Å². The number of rotatable bonds is 7. The predicted molar refractivity (Wildman–Crippen MR) is 110 cm³/mol. The molecule has 0 spiro atoms. The minimum atomic E-state index is -3.81. The second-order valence-corrected chi connectivity index (χ2v) is 8.82. The van der Waals surface area contributed by atoms with Crippen LogP contribution in [0.1, 0.15) is 16.4 Å². The van der Waals surface area contributed by atoms with Gasteiger partial charge in [0.2, 0.25) is 0 Å². The summed E-state index contributed by atoms with van der Waals surface area (Å²) in [7, 11) is -3.81. The third-order valence-corrected chi connectivity index (χ3v) is 6.56. The summed E-state index contributed by atoms with van der Waals surface area (Å²) in [5.41, 5.74) is 0.895. The highest BCUT2D eigenvalue weighted by molar-refractivity contribution is 7.92. The van der Waals surface area contributed by atoms with Gasteiger partial charge in [-0.05, 0) is 35.9 Å². The van der Waals surface area contributed by atoms with Gasteiger partial charge in [0.25, 0.3) is 0 Å². The molecule has 29 heavy (non-hydrogen) atoms. The van der Waals surface area contributed by atoms with Crippen LogP contribution in [0.25, 0.3) is 0 Å². The van der Waals surface area contributed by atoms with Gasteiger partial charge in [-0.15, -0.1) is 0 Å². The van der Waals surface area contributed by atoms with Crippen molar-refractivity contribution in [3.63, 3.8) is 0 Å². The maximum Gasteiger partial charge on any atom is 0.190 e. The van der Waals surface area contributed by atoms with Gasteiger partial charge in [-0.1, -0.05) is 58.7 Å². The van der Waals surface area contributed by atoms with Gasteiger partial charge in [-0.25, -0.2) is 17.8 Å². The van der Waals surface area contributed by atoms with E-state index in [0.29, 0.717) is 11.1 Å². The molecule has 3 rings (SSSR count). The number of benzene rings is 2. The highest BCUT2D eigenvalue weighted by Crippen LogP contribution is 2.28. The lowest BCUT2D eigenvalue weighted by molar-refractivity contribution is 0.131. The van der Waals surface area contributed by atoms with E-state index in [0.717, 1.165) is 6.07 Å². The summed E-state index contributed by atoms with van der Waals surface area (Å²) in [6, 6.07) is 14.9. The molecule has 0 aliphatic rings. The van der Waals surface area contributed by atoms with Crippen molar-refractivity contribution in [3.8, 4) is 0 Å². The Kier molecular flexibility index (Phi) is 6.84. The molecule has 5 nitrogen and oxygen atoms in total. The summed E-state index contributed by atoms with van der Waals surface area (Å²) < 4.78 is 39.3. The molecule has 2 aromatic carbocycles. The van der Waals surface area contributed by atoms with E-state index >= 15 is 0 Å². The number of nitrogens with zero attached hydrogens (tertiary/aromatic N) is 2. The molecule has 0 saturated carbocycles. The fraction of sp³-hybridized carbons (Fsp3) is 0.100. The molecule has 150 valence electrons. The predicted octanol–water partition coefficient (Wildman–Crippen LogP) is 5.25. The van der Waals surface area contributed by atoms with Gasteiger partial charge in [0.1, 0.15) is 22.8 Å². The van der Waals surface area contributed by atoms with Crippen molar-refractivity contribution < 1.29 is 17.6 Å². The van der Waals surface area contributed by atoms with Crippen LogP contribution in [-0.2, 0) is 21.3 Å². The zero-order valence-corrected chi connectivity index (χ0v) is 17.2. The smallest absolute Gasteiger partial charge is 0.190 e. The van der Waals surface area contributed by atoms with Gasteiger partial charge in [-0.2, -0.15) is 0 Å². The van der Waals surface area contributed by atoms with Crippen LogP contribution >= 0.6 is 23.2 Å². The lowest BCUT2D eigenvalue weighted by Gasteiger charge is -2.14. The zero-order valence-electron chi connectivity index (χ0n) is 14.9. The van der Waals surface area contributed by atoms with Crippen molar-refractivity contribution >= 4 is 39.3 Å². The third kappa shape index (κ3) is 5.32. The first-order valence-corrected chi connectivity index (χ1v) is 10.7. The Bertz CT molecular complexity index is 1110. The number of halogens is 3. The summed E-state index contributed by atoms with van der Waals surface area (Å²) in [5, 5.41) is 3.09. The number of oxime groups is 1. The molecule has 0 aliphatic heterocycles. The van der Waals surface area contributed by atoms with Crippen LogP contribution in [0.5, 0.6) is 0 Å². The molecule has 0 bridgehead atoms. The molecular weight excluding hydrogens is 438 g/mol.